The van der Waals surface area contributed by atoms with Crippen molar-refractivity contribution in [3.63, 3.8) is 0 Å². The first-order valence-electron chi connectivity index (χ1n) is 3.59. The SMILES string of the molecule is NCC#Cc1ccc(N)c(Cl)c1Cl. The van der Waals surface area contributed by atoms with Crippen molar-refractivity contribution in [1.29, 1.82) is 0 Å². The van der Waals surface area contributed by atoms with E-state index in [1.165, 1.54) is 0 Å². The molecule has 1 aromatic rings. The predicted molar refractivity (Wildman–Crippen MR) is 56.8 cm³/mol. The normalized spacial score (nSPS) is 9.15. The molecule has 1 aromatic carbocycles. The molecule has 0 atom stereocenters. The molecule has 0 aliphatic rings. The Morgan fingerprint density at radius 3 is 2.54 bits per heavy atom. The van der Waals surface area contributed by atoms with Gasteiger partial charge in [0.2, 0.25) is 0 Å². The number of halogens is 2. The molecule has 1 rings (SSSR count). The molecule has 0 aliphatic heterocycles. The molecule has 13 heavy (non-hydrogen) atoms. The lowest BCUT2D eigenvalue weighted by Crippen LogP contribution is -1.93. The van der Waals surface area contributed by atoms with Crippen molar-refractivity contribution in [1.82, 2.24) is 0 Å². The summed E-state index contributed by atoms with van der Waals surface area (Å²) in [6, 6.07) is 3.38. The van der Waals surface area contributed by atoms with Gasteiger partial charge in [-0.3, -0.25) is 0 Å². The van der Waals surface area contributed by atoms with Crippen LogP contribution in [0.1, 0.15) is 5.56 Å². The Kier molecular flexibility index (Phi) is 3.44. The Bertz CT molecular complexity index is 377. The van der Waals surface area contributed by atoms with E-state index < -0.39 is 0 Å². The summed E-state index contributed by atoms with van der Waals surface area (Å²) in [6.07, 6.45) is 0. The minimum Gasteiger partial charge on any atom is -0.397 e. The lowest BCUT2D eigenvalue weighted by Gasteiger charge is -2.01. The number of nitrogens with two attached hydrogens (primary N) is 2. The van der Waals surface area contributed by atoms with E-state index in [0.717, 1.165) is 0 Å². The third-order valence-electron chi connectivity index (χ3n) is 1.44. The van der Waals surface area contributed by atoms with E-state index in [2.05, 4.69) is 11.8 Å². The molecule has 0 amide bonds. The highest BCUT2D eigenvalue weighted by molar-refractivity contribution is 6.44. The topological polar surface area (TPSA) is 52.0 Å². The average molecular weight is 215 g/mol. The number of benzene rings is 1. The minimum atomic E-state index is 0.290. The number of hydrogen-bond acceptors (Lipinski definition) is 2. The van der Waals surface area contributed by atoms with Crippen molar-refractivity contribution in [2.45, 2.75) is 0 Å². The quantitative estimate of drug-likeness (QED) is 0.512. The molecular weight excluding hydrogens is 207 g/mol. The van der Waals surface area contributed by atoms with Crippen LogP contribution in [0.3, 0.4) is 0 Å². The predicted octanol–water partition coefficient (Wildman–Crippen LogP) is 1.89. The van der Waals surface area contributed by atoms with Crippen molar-refractivity contribution in [3.8, 4) is 11.8 Å². The van der Waals surface area contributed by atoms with Gasteiger partial charge >= 0.3 is 0 Å². The summed E-state index contributed by atoms with van der Waals surface area (Å²) in [7, 11) is 0. The molecule has 0 unspecified atom stereocenters. The van der Waals surface area contributed by atoms with Crippen LogP contribution in [0.4, 0.5) is 5.69 Å². The molecule has 0 radical (unpaired) electrons. The molecule has 4 N–H and O–H groups in total. The molecule has 0 aliphatic carbocycles. The zero-order chi connectivity index (χ0) is 9.84. The second-order valence-electron chi connectivity index (χ2n) is 2.34. The lowest BCUT2D eigenvalue weighted by molar-refractivity contribution is 1.30. The van der Waals surface area contributed by atoms with Gasteiger partial charge in [-0.25, -0.2) is 0 Å². The second-order valence-corrected chi connectivity index (χ2v) is 3.09. The number of rotatable bonds is 0. The maximum Gasteiger partial charge on any atom is 0.0834 e. The van der Waals surface area contributed by atoms with Gasteiger partial charge in [-0.1, -0.05) is 35.0 Å². The lowest BCUT2D eigenvalue weighted by atomic mass is 10.2. The fourth-order valence-corrected chi connectivity index (χ4v) is 1.19. The zero-order valence-electron chi connectivity index (χ0n) is 6.77. The van der Waals surface area contributed by atoms with Crippen molar-refractivity contribution < 1.29 is 0 Å². The third kappa shape index (κ3) is 2.28. The van der Waals surface area contributed by atoms with Crippen molar-refractivity contribution in [2.75, 3.05) is 12.3 Å². The maximum absolute atomic E-state index is 5.88. The summed E-state index contributed by atoms with van der Waals surface area (Å²) >= 11 is 11.7. The van der Waals surface area contributed by atoms with E-state index >= 15 is 0 Å². The van der Waals surface area contributed by atoms with Crippen LogP contribution in [0.25, 0.3) is 0 Å². The molecular formula is C9H8Cl2N2. The van der Waals surface area contributed by atoms with Gasteiger partial charge in [0.15, 0.2) is 0 Å². The van der Waals surface area contributed by atoms with Gasteiger partial charge in [0.25, 0.3) is 0 Å². The zero-order valence-corrected chi connectivity index (χ0v) is 8.28. The van der Waals surface area contributed by atoms with Crippen molar-refractivity contribution >= 4 is 28.9 Å². The highest BCUT2D eigenvalue weighted by Gasteiger charge is 2.05. The molecule has 0 aromatic heterocycles. The Morgan fingerprint density at radius 1 is 1.23 bits per heavy atom. The first-order valence-corrected chi connectivity index (χ1v) is 4.35. The highest BCUT2D eigenvalue weighted by atomic mass is 35.5. The molecule has 68 valence electrons. The monoisotopic (exact) mass is 214 g/mol. The summed E-state index contributed by atoms with van der Waals surface area (Å²) in [5.74, 6) is 5.48. The first kappa shape index (κ1) is 10.2. The van der Waals surface area contributed by atoms with E-state index in [9.17, 15) is 0 Å². The standard InChI is InChI=1S/C9H8Cl2N2/c10-8-6(2-1-5-12)3-4-7(13)9(8)11/h3-4H,5,12-13H2. The number of nitrogen functional groups attached to an aromatic ring is 1. The summed E-state index contributed by atoms with van der Waals surface area (Å²) in [5.41, 5.74) is 11.8. The van der Waals surface area contributed by atoms with Gasteiger partial charge in [-0.2, -0.15) is 0 Å². The summed E-state index contributed by atoms with van der Waals surface area (Å²) in [4.78, 5) is 0. The molecule has 0 bridgehead atoms. The number of anilines is 1. The van der Waals surface area contributed by atoms with Gasteiger partial charge < -0.3 is 11.5 Å². The fraction of sp³-hybridized carbons (Fsp3) is 0.111. The molecule has 0 fully saturated rings. The van der Waals surface area contributed by atoms with Gasteiger partial charge in [0.1, 0.15) is 0 Å². The largest absolute Gasteiger partial charge is 0.397 e. The molecule has 4 heteroatoms. The third-order valence-corrected chi connectivity index (χ3v) is 2.33. The van der Waals surface area contributed by atoms with Crippen LogP contribution in [-0.4, -0.2) is 6.54 Å². The Labute approximate surface area is 86.8 Å². The van der Waals surface area contributed by atoms with E-state index in [1.807, 2.05) is 0 Å². The van der Waals surface area contributed by atoms with Gasteiger partial charge in [-0.05, 0) is 12.1 Å². The van der Waals surface area contributed by atoms with Crippen molar-refractivity contribution in [3.05, 3.63) is 27.7 Å². The van der Waals surface area contributed by atoms with Crippen LogP contribution in [0.15, 0.2) is 12.1 Å². The molecule has 0 heterocycles. The van der Waals surface area contributed by atoms with E-state index in [1.54, 1.807) is 12.1 Å². The summed E-state index contributed by atoms with van der Waals surface area (Å²) in [5, 5.41) is 0.716. The smallest absolute Gasteiger partial charge is 0.0834 e. The van der Waals surface area contributed by atoms with E-state index in [0.29, 0.717) is 27.8 Å². The minimum absolute atomic E-state index is 0.290. The Balaban J connectivity index is 3.18. The van der Waals surface area contributed by atoms with E-state index in [-0.39, 0.29) is 0 Å². The van der Waals surface area contributed by atoms with Gasteiger partial charge in [0, 0.05) is 5.56 Å². The summed E-state index contributed by atoms with van der Waals surface area (Å²) < 4.78 is 0. The first-order chi connectivity index (χ1) is 6.16. The van der Waals surface area contributed by atoms with Gasteiger partial charge in [-0.15, -0.1) is 0 Å². The van der Waals surface area contributed by atoms with Crippen LogP contribution in [-0.2, 0) is 0 Å². The van der Waals surface area contributed by atoms with Crippen LogP contribution in [0, 0.1) is 11.8 Å². The highest BCUT2D eigenvalue weighted by Crippen LogP contribution is 2.30. The second kappa shape index (κ2) is 4.38. The molecule has 0 saturated heterocycles. The van der Waals surface area contributed by atoms with Gasteiger partial charge in [0.05, 0.1) is 22.3 Å². The fourth-order valence-electron chi connectivity index (χ4n) is 0.807. The molecule has 2 nitrogen and oxygen atoms in total. The Hall–Kier alpha value is -0.880. The van der Waals surface area contributed by atoms with Crippen LogP contribution in [0.5, 0.6) is 0 Å². The van der Waals surface area contributed by atoms with E-state index in [4.69, 9.17) is 34.7 Å². The van der Waals surface area contributed by atoms with Crippen LogP contribution < -0.4 is 11.5 Å². The number of hydrogen-bond donors (Lipinski definition) is 2. The van der Waals surface area contributed by atoms with Crippen LogP contribution >= 0.6 is 23.2 Å². The molecule has 0 spiro atoms. The molecule has 0 saturated carbocycles. The Morgan fingerprint density at radius 2 is 1.92 bits per heavy atom. The maximum atomic E-state index is 5.88. The summed E-state index contributed by atoms with van der Waals surface area (Å²) in [6.45, 7) is 0.290. The van der Waals surface area contributed by atoms with Crippen molar-refractivity contribution in [2.24, 2.45) is 5.73 Å². The average Bonchev–Trinajstić information content (AvgIpc) is 2.13. The van der Waals surface area contributed by atoms with Crippen LogP contribution in [0.2, 0.25) is 10.0 Å².